The predicted molar refractivity (Wildman–Crippen MR) is 48.1 cm³/mol. The molecule has 4 nitrogen and oxygen atoms in total. The highest BCUT2D eigenvalue weighted by molar-refractivity contribution is 5.80. The molecule has 13 heavy (non-hydrogen) atoms. The third-order valence-corrected chi connectivity index (χ3v) is 2.44. The van der Waals surface area contributed by atoms with Crippen LogP contribution in [0.5, 0.6) is 0 Å². The first-order chi connectivity index (χ1) is 5.94. The second kappa shape index (κ2) is 3.64. The lowest BCUT2D eigenvalue weighted by Gasteiger charge is -2.26. The van der Waals surface area contributed by atoms with E-state index in [1.54, 1.807) is 6.92 Å². The minimum atomic E-state index is -0.894. The van der Waals surface area contributed by atoms with Crippen LogP contribution in [0.3, 0.4) is 0 Å². The fraction of sp³-hybridized carbons (Fsp3) is 0.889. The van der Waals surface area contributed by atoms with Crippen molar-refractivity contribution < 1.29 is 14.3 Å². The van der Waals surface area contributed by atoms with Gasteiger partial charge in [0.05, 0.1) is 6.61 Å². The molecule has 1 saturated heterocycles. The molecule has 0 aromatic carbocycles. The molecule has 0 aliphatic carbocycles. The second-order valence-electron chi connectivity index (χ2n) is 3.99. The van der Waals surface area contributed by atoms with E-state index in [0.29, 0.717) is 13.2 Å². The predicted octanol–water partition coefficient (Wildman–Crippen LogP) is 0.302. The van der Waals surface area contributed by atoms with Crippen LogP contribution >= 0.6 is 0 Å². The number of carbonyl (C=O) groups is 1. The van der Waals surface area contributed by atoms with E-state index >= 15 is 0 Å². The zero-order valence-electron chi connectivity index (χ0n) is 8.37. The van der Waals surface area contributed by atoms with Gasteiger partial charge in [-0.15, -0.1) is 0 Å². The van der Waals surface area contributed by atoms with Gasteiger partial charge in [0.1, 0.15) is 18.2 Å². The Labute approximate surface area is 78.4 Å². The average Bonchev–Trinajstić information content (AvgIpc) is 2.82. The molecule has 0 aromatic heterocycles. The molecule has 1 aliphatic rings. The zero-order valence-corrected chi connectivity index (χ0v) is 8.37. The van der Waals surface area contributed by atoms with E-state index in [1.807, 2.05) is 13.8 Å². The third kappa shape index (κ3) is 2.67. The molecule has 0 amide bonds. The van der Waals surface area contributed by atoms with Crippen LogP contribution in [0.1, 0.15) is 20.8 Å². The van der Waals surface area contributed by atoms with Crippen LogP contribution < -0.4 is 5.73 Å². The third-order valence-electron chi connectivity index (χ3n) is 2.44. The Hall–Kier alpha value is -0.610. The van der Waals surface area contributed by atoms with Crippen LogP contribution in [0.4, 0.5) is 0 Å². The van der Waals surface area contributed by atoms with Crippen molar-refractivity contribution in [2.45, 2.75) is 32.4 Å². The first kappa shape index (κ1) is 10.5. The van der Waals surface area contributed by atoms with Gasteiger partial charge < -0.3 is 15.2 Å². The van der Waals surface area contributed by atoms with Gasteiger partial charge in [-0.2, -0.15) is 0 Å². The number of rotatable bonds is 4. The number of hydrogen-bond acceptors (Lipinski definition) is 4. The Kier molecular flexibility index (Phi) is 2.93. The second-order valence-corrected chi connectivity index (χ2v) is 3.99. The molecule has 0 aromatic rings. The van der Waals surface area contributed by atoms with E-state index in [9.17, 15) is 4.79 Å². The quantitative estimate of drug-likeness (QED) is 0.508. The Morgan fingerprint density at radius 1 is 1.77 bits per heavy atom. The largest absolute Gasteiger partial charge is 0.461 e. The Balaban J connectivity index is 2.35. The molecule has 1 fully saturated rings. The maximum atomic E-state index is 11.4. The standard InChI is InChI=1S/C9H17NO3/c1-6(2)9(3,10)8(11)13-5-7-4-12-7/h6-7H,4-5,10H2,1-3H3. The topological polar surface area (TPSA) is 64.9 Å². The summed E-state index contributed by atoms with van der Waals surface area (Å²) in [7, 11) is 0. The number of ether oxygens (including phenoxy) is 2. The molecule has 0 bridgehead atoms. The minimum absolute atomic E-state index is 0.0696. The van der Waals surface area contributed by atoms with Gasteiger partial charge in [-0.3, -0.25) is 4.79 Å². The van der Waals surface area contributed by atoms with E-state index in [4.69, 9.17) is 15.2 Å². The van der Waals surface area contributed by atoms with Gasteiger partial charge in [-0.25, -0.2) is 0 Å². The lowest BCUT2D eigenvalue weighted by Crippen LogP contribution is -2.50. The van der Waals surface area contributed by atoms with Crippen molar-refractivity contribution >= 4 is 5.97 Å². The number of epoxide rings is 1. The van der Waals surface area contributed by atoms with Crippen molar-refractivity contribution in [2.75, 3.05) is 13.2 Å². The molecule has 0 radical (unpaired) electrons. The molecule has 0 spiro atoms. The van der Waals surface area contributed by atoms with Crippen molar-refractivity contribution in [3.8, 4) is 0 Å². The van der Waals surface area contributed by atoms with Crippen molar-refractivity contribution in [1.29, 1.82) is 0 Å². The minimum Gasteiger partial charge on any atom is -0.461 e. The highest BCUT2D eigenvalue weighted by atomic mass is 16.6. The van der Waals surface area contributed by atoms with Gasteiger partial charge in [0.25, 0.3) is 0 Å². The smallest absolute Gasteiger partial charge is 0.326 e. The summed E-state index contributed by atoms with van der Waals surface area (Å²) in [5.74, 6) is -0.280. The van der Waals surface area contributed by atoms with Crippen molar-refractivity contribution in [3.63, 3.8) is 0 Å². The molecule has 2 atom stereocenters. The molecule has 2 unspecified atom stereocenters. The van der Waals surface area contributed by atoms with Gasteiger partial charge in [-0.05, 0) is 12.8 Å². The maximum absolute atomic E-state index is 11.4. The molecule has 4 heteroatoms. The molecule has 1 aliphatic heterocycles. The van der Waals surface area contributed by atoms with Gasteiger partial charge in [-0.1, -0.05) is 13.8 Å². The maximum Gasteiger partial charge on any atom is 0.326 e. The van der Waals surface area contributed by atoms with E-state index < -0.39 is 5.54 Å². The first-order valence-electron chi connectivity index (χ1n) is 4.52. The normalized spacial score (nSPS) is 25.5. The van der Waals surface area contributed by atoms with Gasteiger partial charge in [0.2, 0.25) is 0 Å². The molecule has 0 saturated carbocycles. The summed E-state index contributed by atoms with van der Waals surface area (Å²) in [5, 5.41) is 0. The monoisotopic (exact) mass is 187 g/mol. The summed E-state index contributed by atoms with van der Waals surface area (Å²) in [6, 6.07) is 0. The summed E-state index contributed by atoms with van der Waals surface area (Å²) in [5.41, 5.74) is 4.90. The van der Waals surface area contributed by atoms with Crippen LogP contribution in [0, 0.1) is 5.92 Å². The molecule has 1 rings (SSSR count). The summed E-state index contributed by atoms with van der Waals surface area (Å²) >= 11 is 0. The van der Waals surface area contributed by atoms with E-state index in [0.717, 1.165) is 0 Å². The summed E-state index contributed by atoms with van der Waals surface area (Å²) < 4.78 is 9.92. The number of esters is 1. The van der Waals surface area contributed by atoms with Crippen molar-refractivity contribution in [3.05, 3.63) is 0 Å². The first-order valence-corrected chi connectivity index (χ1v) is 4.52. The SMILES string of the molecule is CC(C)C(C)(N)C(=O)OCC1CO1. The summed E-state index contributed by atoms with van der Waals surface area (Å²) in [6.45, 7) is 6.51. The Morgan fingerprint density at radius 2 is 2.31 bits per heavy atom. The lowest BCUT2D eigenvalue weighted by molar-refractivity contribution is -0.151. The van der Waals surface area contributed by atoms with Crippen LogP contribution in [-0.2, 0) is 14.3 Å². The van der Waals surface area contributed by atoms with Crippen LogP contribution in [0.15, 0.2) is 0 Å². The Morgan fingerprint density at radius 3 is 2.69 bits per heavy atom. The van der Waals surface area contributed by atoms with Gasteiger partial charge >= 0.3 is 5.97 Å². The fourth-order valence-electron chi connectivity index (χ4n) is 0.724. The number of hydrogen-bond donors (Lipinski definition) is 1. The zero-order chi connectivity index (χ0) is 10.1. The molecular weight excluding hydrogens is 170 g/mol. The van der Waals surface area contributed by atoms with E-state index in [-0.39, 0.29) is 18.0 Å². The number of nitrogens with two attached hydrogens (primary N) is 1. The molecule has 2 N–H and O–H groups in total. The lowest BCUT2D eigenvalue weighted by atomic mass is 9.90. The summed E-state index contributed by atoms with van der Waals surface area (Å²) in [4.78, 5) is 11.4. The molecular formula is C9H17NO3. The van der Waals surface area contributed by atoms with Gasteiger partial charge in [0, 0.05) is 0 Å². The van der Waals surface area contributed by atoms with Gasteiger partial charge in [0.15, 0.2) is 0 Å². The highest BCUT2D eigenvalue weighted by Crippen LogP contribution is 2.16. The average molecular weight is 187 g/mol. The van der Waals surface area contributed by atoms with Crippen LogP contribution in [0.25, 0.3) is 0 Å². The van der Waals surface area contributed by atoms with E-state index in [1.165, 1.54) is 0 Å². The fourth-order valence-corrected chi connectivity index (χ4v) is 0.724. The highest BCUT2D eigenvalue weighted by Gasteiger charge is 2.35. The van der Waals surface area contributed by atoms with E-state index in [2.05, 4.69) is 0 Å². The molecule has 76 valence electrons. The van der Waals surface area contributed by atoms with Crippen LogP contribution in [0.2, 0.25) is 0 Å². The van der Waals surface area contributed by atoms with Crippen molar-refractivity contribution in [1.82, 2.24) is 0 Å². The van der Waals surface area contributed by atoms with Crippen molar-refractivity contribution in [2.24, 2.45) is 11.7 Å². The summed E-state index contributed by atoms with van der Waals surface area (Å²) in [6.07, 6.45) is 0.104. The molecule has 1 heterocycles. The number of carbonyl (C=O) groups excluding carboxylic acids is 1. The van der Waals surface area contributed by atoms with Crippen LogP contribution in [-0.4, -0.2) is 30.8 Å². The Bertz CT molecular complexity index is 197.